The van der Waals surface area contributed by atoms with Crippen LogP contribution < -0.4 is 14.2 Å². The van der Waals surface area contributed by atoms with E-state index in [2.05, 4.69) is 35.7 Å². The number of imide groups is 1. The van der Waals surface area contributed by atoms with Crippen molar-refractivity contribution in [1.29, 1.82) is 0 Å². The summed E-state index contributed by atoms with van der Waals surface area (Å²) >= 11 is 0. The van der Waals surface area contributed by atoms with Gasteiger partial charge >= 0.3 is 17.9 Å². The average molecular weight is 1040 g/mol. The van der Waals surface area contributed by atoms with Crippen molar-refractivity contribution in [1.82, 2.24) is 19.9 Å². The molecule has 15 heteroatoms. The summed E-state index contributed by atoms with van der Waals surface area (Å²) in [4.78, 5) is 66.8. The summed E-state index contributed by atoms with van der Waals surface area (Å²) in [6, 6.07) is 4.84. The summed E-state index contributed by atoms with van der Waals surface area (Å²) in [7, 11) is 0. The summed E-state index contributed by atoms with van der Waals surface area (Å²) in [5, 5.41) is 8.77. The number of carbonyl (C=O) groups is 5. The number of hydrogen-bond donors (Lipinski definition) is 4. The number of H-pyrrole nitrogens is 3. The second-order valence-corrected chi connectivity index (χ2v) is 19.4. The van der Waals surface area contributed by atoms with Crippen molar-refractivity contribution in [3.05, 3.63) is 53.9 Å². The summed E-state index contributed by atoms with van der Waals surface area (Å²) in [6.45, 7) is 11.0. The number of aromatic carboxylic acids is 1. The zero-order valence-electron chi connectivity index (χ0n) is 46.3. The zero-order valence-corrected chi connectivity index (χ0v) is 46.3. The fraction of sp³-hybridized carbons (Fsp3) is 0.712. The first-order chi connectivity index (χ1) is 36.1. The van der Waals surface area contributed by atoms with Crippen LogP contribution in [0.2, 0.25) is 0 Å². The van der Waals surface area contributed by atoms with E-state index in [1.807, 2.05) is 0 Å². The predicted octanol–water partition coefficient (Wildman–Crippen LogP) is 15.1. The monoisotopic (exact) mass is 1040 g/mol. The van der Waals surface area contributed by atoms with Gasteiger partial charge in [-0.2, -0.15) is 0 Å². The lowest BCUT2D eigenvalue weighted by Crippen LogP contribution is -2.32. The number of unbranched alkanes of at least 4 members (excludes halogenated alkanes) is 27. The minimum absolute atomic E-state index is 0.00979. The van der Waals surface area contributed by atoms with Gasteiger partial charge in [0.1, 0.15) is 40.9 Å². The van der Waals surface area contributed by atoms with Gasteiger partial charge in [-0.05, 0) is 26.2 Å². The highest BCUT2D eigenvalue weighted by atomic mass is 16.5. The smallest absolute Gasteiger partial charge is 0.354 e. The lowest BCUT2D eigenvalue weighted by molar-refractivity contribution is -0.139. The molecule has 0 aromatic carbocycles. The van der Waals surface area contributed by atoms with Crippen LogP contribution >= 0.6 is 0 Å². The van der Waals surface area contributed by atoms with Crippen LogP contribution in [-0.4, -0.2) is 94.3 Å². The molecule has 1 saturated heterocycles. The predicted molar refractivity (Wildman–Crippen MR) is 294 cm³/mol. The Kier molecular flexibility index (Phi) is 38.7. The van der Waals surface area contributed by atoms with Gasteiger partial charge in [0.05, 0.1) is 33.0 Å². The Labute approximate surface area is 444 Å². The van der Waals surface area contributed by atoms with Gasteiger partial charge in [-0.1, -0.05) is 194 Å². The van der Waals surface area contributed by atoms with Crippen LogP contribution in [0, 0.1) is 0 Å². The van der Waals surface area contributed by atoms with Crippen molar-refractivity contribution in [3.63, 3.8) is 0 Å². The SMILES string of the molecule is CCCCCCCCCCCCOc1c[nH]c(C(=O)O)c1.CCCCCCCCCCCCOc1c[nH]c(C(=O)OCC)c1.CCCCCCCCCCCCOc1c[nH]c(C(=O)OCCN2C(=O)CCC2=O)c1. The first-order valence-corrected chi connectivity index (χ1v) is 29.0. The second-order valence-electron chi connectivity index (χ2n) is 19.4. The maximum atomic E-state index is 12.1. The van der Waals surface area contributed by atoms with Crippen LogP contribution in [0.4, 0.5) is 0 Å². The van der Waals surface area contributed by atoms with Gasteiger partial charge in [0.15, 0.2) is 0 Å². The second kappa shape index (κ2) is 44.1. The molecule has 4 N–H and O–H groups in total. The summed E-state index contributed by atoms with van der Waals surface area (Å²) in [5.41, 5.74) is 0.921. The summed E-state index contributed by atoms with van der Waals surface area (Å²) in [5.74, 6) is -0.291. The van der Waals surface area contributed by atoms with Crippen molar-refractivity contribution in [3.8, 4) is 17.2 Å². The lowest BCUT2D eigenvalue weighted by atomic mass is 10.1. The number of aromatic amines is 3. The standard InChI is InChI=1S/C23H36N2O5.C19H33NO3.C17H29NO3/c1-2-3-4-5-6-7-8-9-10-11-15-29-19-17-20(24-18-19)23(28)30-16-14-25-21(26)12-13-22(25)27;1-3-5-6-7-8-9-10-11-12-13-14-23-17-15-18(20-16-17)19(21)22-4-2;1-2-3-4-5-6-7-8-9-10-11-12-21-15-13-16(17(19)20)18-14-15/h17-18,24H,2-16H2,1H3;15-16,20H,3-14H2,1-2H3;13-14,18H,2-12H2,1H3,(H,19,20). The number of carboxylic acid groups (broad SMARTS) is 1. The number of carbonyl (C=O) groups excluding carboxylic acids is 4. The van der Waals surface area contributed by atoms with Gasteiger partial charge in [0.25, 0.3) is 0 Å². The fourth-order valence-electron chi connectivity index (χ4n) is 8.46. The van der Waals surface area contributed by atoms with Crippen LogP contribution in [0.5, 0.6) is 17.2 Å². The average Bonchev–Trinajstić information content (AvgIpc) is 4.24. The number of carboxylic acids is 1. The Hall–Kier alpha value is -5.21. The minimum atomic E-state index is -0.955. The van der Waals surface area contributed by atoms with E-state index in [1.54, 1.807) is 37.6 Å². The van der Waals surface area contributed by atoms with Crippen LogP contribution in [0.25, 0.3) is 0 Å². The van der Waals surface area contributed by atoms with E-state index in [0.717, 1.165) is 30.6 Å². The van der Waals surface area contributed by atoms with E-state index in [1.165, 1.54) is 173 Å². The topological polar surface area (TPSA) is 202 Å². The summed E-state index contributed by atoms with van der Waals surface area (Å²) in [6.07, 6.45) is 44.3. The molecule has 0 spiro atoms. The van der Waals surface area contributed by atoms with Crippen molar-refractivity contribution in [2.75, 3.05) is 39.6 Å². The molecular weight excluding hydrogens is 941 g/mol. The highest BCUT2D eigenvalue weighted by Crippen LogP contribution is 2.19. The maximum Gasteiger partial charge on any atom is 0.354 e. The number of nitrogens with one attached hydrogen (secondary N) is 3. The van der Waals surface area contributed by atoms with Crippen LogP contribution in [0.3, 0.4) is 0 Å². The molecule has 0 unspecified atom stereocenters. The third kappa shape index (κ3) is 32.2. The van der Waals surface area contributed by atoms with Crippen LogP contribution in [0.1, 0.15) is 265 Å². The number of rotatable bonds is 43. The largest absolute Gasteiger partial charge is 0.492 e. The minimum Gasteiger partial charge on any atom is -0.492 e. The molecule has 0 bridgehead atoms. The van der Waals surface area contributed by atoms with E-state index in [4.69, 9.17) is 28.8 Å². The molecule has 4 heterocycles. The molecule has 15 nitrogen and oxygen atoms in total. The molecule has 4 rings (SSSR count). The Morgan fingerprint density at radius 1 is 0.432 bits per heavy atom. The molecule has 0 saturated carbocycles. The molecule has 420 valence electrons. The number of likely N-dealkylation sites (tertiary alicyclic amines) is 1. The van der Waals surface area contributed by atoms with Gasteiger partial charge in [-0.15, -0.1) is 0 Å². The van der Waals surface area contributed by atoms with Crippen molar-refractivity contribution >= 4 is 29.7 Å². The number of ether oxygens (including phenoxy) is 5. The van der Waals surface area contributed by atoms with E-state index in [-0.39, 0.29) is 49.5 Å². The molecule has 1 fully saturated rings. The normalized spacial score (nSPS) is 12.0. The summed E-state index contributed by atoms with van der Waals surface area (Å²) < 4.78 is 26.9. The molecular formula is C59H98N4O11. The number of esters is 2. The van der Waals surface area contributed by atoms with E-state index in [9.17, 15) is 24.0 Å². The molecule has 1 aliphatic heterocycles. The van der Waals surface area contributed by atoms with Crippen LogP contribution in [-0.2, 0) is 19.1 Å². The third-order valence-corrected chi connectivity index (χ3v) is 12.9. The van der Waals surface area contributed by atoms with Crippen molar-refractivity contribution in [2.45, 2.75) is 233 Å². The van der Waals surface area contributed by atoms with Gasteiger partial charge in [0.2, 0.25) is 11.8 Å². The molecule has 74 heavy (non-hydrogen) atoms. The highest BCUT2D eigenvalue weighted by molar-refractivity contribution is 6.02. The van der Waals surface area contributed by atoms with Gasteiger partial charge < -0.3 is 43.7 Å². The molecule has 0 aliphatic carbocycles. The molecule has 2 amide bonds. The number of nitrogens with zero attached hydrogens (tertiary/aromatic N) is 1. The Morgan fingerprint density at radius 3 is 1.04 bits per heavy atom. The Bertz CT molecular complexity index is 1870. The van der Waals surface area contributed by atoms with Crippen molar-refractivity contribution in [2.24, 2.45) is 0 Å². The molecule has 0 radical (unpaired) electrons. The first kappa shape index (κ1) is 64.9. The molecule has 3 aromatic heterocycles. The van der Waals surface area contributed by atoms with Gasteiger partial charge in [-0.25, -0.2) is 14.4 Å². The quantitative estimate of drug-likeness (QED) is 0.0239. The Morgan fingerprint density at radius 2 is 0.730 bits per heavy atom. The molecule has 0 atom stereocenters. The zero-order chi connectivity index (χ0) is 53.7. The number of hydrogen-bond acceptors (Lipinski definition) is 10. The number of aromatic nitrogens is 3. The van der Waals surface area contributed by atoms with Crippen LogP contribution in [0.15, 0.2) is 36.8 Å². The van der Waals surface area contributed by atoms with Crippen molar-refractivity contribution < 1.29 is 52.8 Å². The van der Waals surface area contributed by atoms with E-state index >= 15 is 0 Å². The first-order valence-electron chi connectivity index (χ1n) is 29.0. The van der Waals surface area contributed by atoms with E-state index < -0.39 is 11.9 Å². The molecule has 3 aromatic rings. The highest BCUT2D eigenvalue weighted by Gasteiger charge is 2.28. The maximum absolute atomic E-state index is 12.1. The third-order valence-electron chi connectivity index (χ3n) is 12.9. The van der Waals surface area contributed by atoms with Gasteiger partial charge in [-0.3, -0.25) is 14.5 Å². The molecule has 1 aliphatic rings. The van der Waals surface area contributed by atoms with E-state index in [0.29, 0.717) is 55.1 Å². The van der Waals surface area contributed by atoms with Gasteiger partial charge in [0, 0.05) is 49.6 Å². The lowest BCUT2D eigenvalue weighted by Gasteiger charge is -2.13. The number of amides is 2. The fourth-order valence-corrected chi connectivity index (χ4v) is 8.46. The Balaban J connectivity index is 0.000000388.